The maximum absolute atomic E-state index is 12.4. The van der Waals surface area contributed by atoms with Gasteiger partial charge in [0.15, 0.2) is 0 Å². The molecule has 8 nitrogen and oxygen atoms in total. The first-order chi connectivity index (χ1) is 13.4. The van der Waals surface area contributed by atoms with E-state index in [2.05, 4.69) is 30.5 Å². The highest BCUT2D eigenvalue weighted by atomic mass is 16.2. The molecule has 3 N–H and O–H groups in total. The van der Waals surface area contributed by atoms with Gasteiger partial charge in [-0.1, -0.05) is 6.07 Å². The molecule has 0 radical (unpaired) electrons. The van der Waals surface area contributed by atoms with Crippen LogP contribution in [0.15, 0.2) is 48.8 Å². The Morgan fingerprint density at radius 3 is 2.82 bits per heavy atom. The first-order valence-electron chi connectivity index (χ1n) is 8.65. The molecule has 0 aromatic carbocycles. The Morgan fingerprint density at radius 1 is 1.21 bits per heavy atom. The van der Waals surface area contributed by atoms with E-state index in [0.29, 0.717) is 5.69 Å². The molecule has 0 atom stereocenters. The predicted octanol–water partition coefficient (Wildman–Crippen LogP) is 3.05. The minimum atomic E-state index is -0.969. The lowest BCUT2D eigenvalue weighted by atomic mass is 10.1. The quantitative estimate of drug-likeness (QED) is 0.509. The van der Waals surface area contributed by atoms with Crippen LogP contribution in [0.4, 0.5) is 0 Å². The summed E-state index contributed by atoms with van der Waals surface area (Å²) in [7, 11) is 0. The van der Waals surface area contributed by atoms with E-state index in [9.17, 15) is 4.79 Å². The molecule has 4 rings (SSSR count). The van der Waals surface area contributed by atoms with Gasteiger partial charge in [0.25, 0.3) is 5.91 Å². The largest absolute Gasteiger partial charge is 0.338 e. The first-order valence-corrected chi connectivity index (χ1v) is 8.65. The van der Waals surface area contributed by atoms with E-state index in [1.165, 1.54) is 0 Å². The Bertz CT molecular complexity index is 1200. The average molecular weight is 371 g/mol. The van der Waals surface area contributed by atoms with Crippen molar-refractivity contribution in [3.05, 3.63) is 54.5 Å². The number of nitriles is 1. The zero-order chi connectivity index (χ0) is 19.7. The van der Waals surface area contributed by atoms with E-state index in [1.54, 1.807) is 38.4 Å². The number of nitrogens with one attached hydrogen (secondary N) is 3. The van der Waals surface area contributed by atoms with Crippen LogP contribution >= 0.6 is 0 Å². The van der Waals surface area contributed by atoms with Crippen LogP contribution in [0.3, 0.4) is 0 Å². The number of aromatic nitrogens is 5. The van der Waals surface area contributed by atoms with Crippen LogP contribution < -0.4 is 5.32 Å². The van der Waals surface area contributed by atoms with Gasteiger partial charge in [0.1, 0.15) is 16.9 Å². The highest BCUT2D eigenvalue weighted by Crippen LogP contribution is 2.25. The lowest BCUT2D eigenvalue weighted by Gasteiger charge is -2.17. The van der Waals surface area contributed by atoms with Gasteiger partial charge in [-0.15, -0.1) is 0 Å². The van der Waals surface area contributed by atoms with Gasteiger partial charge in [-0.3, -0.25) is 9.89 Å². The van der Waals surface area contributed by atoms with Crippen LogP contribution in [0.25, 0.3) is 33.7 Å². The standard InChI is InChI=1S/C20H17N7O/c1-20(2,11-21)26-19(28)16-5-3-4-14(24-16)13-8-12-9-17(15-6-7-23-27-15)25-18(12)22-10-13/h3-10H,1-2H3,(H,22,25)(H,23,27)(H,26,28). The summed E-state index contributed by atoms with van der Waals surface area (Å²) in [5.41, 5.74) is 3.20. The Balaban J connectivity index is 1.66. The van der Waals surface area contributed by atoms with E-state index in [0.717, 1.165) is 28.0 Å². The van der Waals surface area contributed by atoms with Gasteiger partial charge >= 0.3 is 0 Å². The van der Waals surface area contributed by atoms with E-state index < -0.39 is 11.4 Å². The minimum absolute atomic E-state index is 0.244. The number of hydrogen-bond acceptors (Lipinski definition) is 5. The molecule has 1 amide bonds. The summed E-state index contributed by atoms with van der Waals surface area (Å²) in [6.45, 7) is 3.27. The number of rotatable bonds is 4. The monoisotopic (exact) mass is 371 g/mol. The Labute approximate surface area is 160 Å². The number of amides is 1. The summed E-state index contributed by atoms with van der Waals surface area (Å²) >= 11 is 0. The van der Waals surface area contributed by atoms with Crippen molar-refractivity contribution >= 4 is 16.9 Å². The Kier molecular flexibility index (Phi) is 4.12. The molecule has 4 aromatic heterocycles. The number of fused-ring (bicyclic) bond motifs is 1. The van der Waals surface area contributed by atoms with E-state index >= 15 is 0 Å². The zero-order valence-electron chi connectivity index (χ0n) is 15.3. The molecule has 4 aromatic rings. The molecule has 138 valence electrons. The van der Waals surface area contributed by atoms with Crippen LogP contribution in [-0.4, -0.2) is 36.6 Å². The van der Waals surface area contributed by atoms with Crippen LogP contribution in [0.1, 0.15) is 24.3 Å². The van der Waals surface area contributed by atoms with Gasteiger partial charge in [-0.25, -0.2) is 9.97 Å². The number of nitrogens with zero attached hydrogens (tertiary/aromatic N) is 4. The summed E-state index contributed by atoms with van der Waals surface area (Å²) in [6, 6.07) is 13.0. The normalized spacial score (nSPS) is 11.3. The summed E-state index contributed by atoms with van der Waals surface area (Å²) < 4.78 is 0. The molecule has 0 aliphatic carbocycles. The summed E-state index contributed by atoms with van der Waals surface area (Å²) in [4.78, 5) is 24.5. The summed E-state index contributed by atoms with van der Waals surface area (Å²) in [6.07, 6.45) is 3.40. The van der Waals surface area contributed by atoms with Crippen LogP contribution in [0.5, 0.6) is 0 Å². The molecule has 0 bridgehead atoms. The molecule has 8 heteroatoms. The molecule has 0 aliphatic rings. The molecule has 4 heterocycles. The van der Waals surface area contributed by atoms with Crippen molar-refractivity contribution in [2.24, 2.45) is 0 Å². The van der Waals surface area contributed by atoms with Crippen molar-refractivity contribution in [1.82, 2.24) is 30.5 Å². The SMILES string of the molecule is CC(C)(C#N)NC(=O)c1cccc(-c2cnc3[nH]c(-c4ccn[nH]4)cc3c2)n1. The van der Waals surface area contributed by atoms with E-state index in [-0.39, 0.29) is 5.69 Å². The second-order valence-electron chi connectivity index (χ2n) is 6.91. The van der Waals surface area contributed by atoms with E-state index in [4.69, 9.17) is 5.26 Å². The molecular weight excluding hydrogens is 354 g/mol. The van der Waals surface area contributed by atoms with Gasteiger partial charge < -0.3 is 10.3 Å². The van der Waals surface area contributed by atoms with Crippen molar-refractivity contribution < 1.29 is 4.79 Å². The molecule has 0 saturated heterocycles. The van der Waals surface area contributed by atoms with Gasteiger partial charge in [-0.2, -0.15) is 10.4 Å². The number of pyridine rings is 2. The second-order valence-corrected chi connectivity index (χ2v) is 6.91. The highest BCUT2D eigenvalue weighted by molar-refractivity contribution is 5.93. The molecule has 0 fully saturated rings. The van der Waals surface area contributed by atoms with Gasteiger partial charge in [0.2, 0.25) is 0 Å². The number of carbonyl (C=O) groups excluding carboxylic acids is 1. The molecule has 0 aliphatic heterocycles. The fourth-order valence-electron chi connectivity index (χ4n) is 2.80. The van der Waals surface area contributed by atoms with Gasteiger partial charge in [0.05, 0.1) is 23.2 Å². The van der Waals surface area contributed by atoms with Crippen molar-refractivity contribution in [2.45, 2.75) is 19.4 Å². The van der Waals surface area contributed by atoms with Crippen molar-refractivity contribution in [3.8, 4) is 28.7 Å². The topological polar surface area (TPSA) is 123 Å². The minimum Gasteiger partial charge on any atom is -0.338 e. The summed E-state index contributed by atoms with van der Waals surface area (Å²) in [5, 5.41) is 19.5. The molecule has 0 saturated carbocycles. The Morgan fingerprint density at radius 2 is 2.07 bits per heavy atom. The number of aromatic amines is 2. The fourth-order valence-corrected chi connectivity index (χ4v) is 2.80. The van der Waals surface area contributed by atoms with Gasteiger partial charge in [-0.05, 0) is 44.2 Å². The lowest BCUT2D eigenvalue weighted by molar-refractivity contribution is 0.0924. The predicted molar refractivity (Wildman–Crippen MR) is 104 cm³/mol. The van der Waals surface area contributed by atoms with Crippen molar-refractivity contribution in [2.75, 3.05) is 0 Å². The number of H-pyrrole nitrogens is 2. The fraction of sp³-hybridized carbons (Fsp3) is 0.150. The van der Waals surface area contributed by atoms with Crippen LogP contribution in [-0.2, 0) is 0 Å². The third-order valence-corrected chi connectivity index (χ3v) is 4.24. The molecular formula is C20H17N7O. The third-order valence-electron chi connectivity index (χ3n) is 4.24. The molecule has 0 spiro atoms. The maximum atomic E-state index is 12.4. The highest BCUT2D eigenvalue weighted by Gasteiger charge is 2.21. The number of hydrogen-bond donors (Lipinski definition) is 3. The van der Waals surface area contributed by atoms with E-state index in [1.807, 2.05) is 30.3 Å². The second kappa shape index (κ2) is 6.63. The van der Waals surface area contributed by atoms with Crippen molar-refractivity contribution in [1.29, 1.82) is 5.26 Å². The zero-order valence-corrected chi connectivity index (χ0v) is 15.3. The van der Waals surface area contributed by atoms with Crippen molar-refractivity contribution in [3.63, 3.8) is 0 Å². The van der Waals surface area contributed by atoms with Gasteiger partial charge in [0, 0.05) is 23.3 Å². The molecule has 0 unspecified atom stereocenters. The first kappa shape index (κ1) is 17.4. The molecule has 28 heavy (non-hydrogen) atoms. The number of carbonyl (C=O) groups is 1. The van der Waals surface area contributed by atoms with Crippen LogP contribution in [0.2, 0.25) is 0 Å². The average Bonchev–Trinajstić information content (AvgIpc) is 3.36. The smallest absolute Gasteiger partial charge is 0.271 e. The maximum Gasteiger partial charge on any atom is 0.271 e. The lowest BCUT2D eigenvalue weighted by Crippen LogP contribution is -2.42. The Hall–Kier alpha value is -3.99. The van der Waals surface area contributed by atoms with Crippen LogP contribution in [0, 0.1) is 11.3 Å². The summed E-state index contributed by atoms with van der Waals surface area (Å²) in [5.74, 6) is -0.398. The third kappa shape index (κ3) is 3.33.